The molecule has 0 aromatic rings. The van der Waals surface area contributed by atoms with E-state index in [1.54, 1.807) is 0 Å². The minimum absolute atomic E-state index is 0.249. The Balaban J connectivity index is 2.03. The Morgan fingerprint density at radius 3 is 2.69 bits per heavy atom. The van der Waals surface area contributed by atoms with E-state index >= 15 is 0 Å². The summed E-state index contributed by atoms with van der Waals surface area (Å²) in [7, 11) is 0. The first-order valence-corrected chi connectivity index (χ1v) is 4.83. The molecule has 1 aliphatic carbocycles. The van der Waals surface area contributed by atoms with Crippen molar-refractivity contribution in [3.63, 3.8) is 0 Å². The van der Waals surface area contributed by atoms with Crippen molar-refractivity contribution in [2.24, 2.45) is 0 Å². The molecule has 0 aromatic heterocycles. The first-order chi connectivity index (χ1) is 6.14. The van der Waals surface area contributed by atoms with Crippen molar-refractivity contribution < 1.29 is 13.5 Å². The zero-order valence-corrected chi connectivity index (χ0v) is 7.98. The molecule has 0 bridgehead atoms. The third kappa shape index (κ3) is 5.16. The number of rotatable bonds is 7. The molecule has 0 aliphatic heterocycles. The molecule has 1 saturated carbocycles. The Morgan fingerprint density at radius 1 is 1.46 bits per heavy atom. The van der Waals surface area contributed by atoms with E-state index in [1.807, 2.05) is 6.92 Å². The van der Waals surface area contributed by atoms with Crippen LogP contribution in [0.2, 0.25) is 0 Å². The topological polar surface area (TPSA) is 21.3 Å². The molecule has 0 atom stereocenters. The SMILES string of the molecule is CCCOCC(F)(F)CNC1CC1. The Morgan fingerprint density at radius 2 is 2.15 bits per heavy atom. The van der Waals surface area contributed by atoms with Crippen LogP contribution in [-0.2, 0) is 4.74 Å². The van der Waals surface area contributed by atoms with Crippen molar-refractivity contribution in [3.05, 3.63) is 0 Å². The number of halogens is 2. The van der Waals surface area contributed by atoms with Crippen LogP contribution in [0.15, 0.2) is 0 Å². The highest BCUT2D eigenvalue weighted by Gasteiger charge is 2.32. The predicted molar refractivity (Wildman–Crippen MR) is 47.1 cm³/mol. The fourth-order valence-corrected chi connectivity index (χ4v) is 0.998. The van der Waals surface area contributed by atoms with E-state index in [0.717, 1.165) is 19.3 Å². The number of nitrogens with one attached hydrogen (secondary N) is 1. The maximum atomic E-state index is 12.9. The number of hydrogen-bond donors (Lipinski definition) is 1. The zero-order valence-electron chi connectivity index (χ0n) is 7.98. The van der Waals surface area contributed by atoms with Crippen LogP contribution in [0, 0.1) is 0 Å². The van der Waals surface area contributed by atoms with Crippen molar-refractivity contribution in [2.45, 2.75) is 38.2 Å². The Kier molecular flexibility index (Phi) is 4.06. The average Bonchev–Trinajstić information content (AvgIpc) is 2.84. The lowest BCUT2D eigenvalue weighted by molar-refractivity contribution is -0.0746. The summed E-state index contributed by atoms with van der Waals surface area (Å²) in [6.45, 7) is 1.61. The second-order valence-corrected chi connectivity index (χ2v) is 3.56. The number of hydrogen-bond acceptors (Lipinski definition) is 2. The largest absolute Gasteiger partial charge is 0.375 e. The van der Waals surface area contributed by atoms with Crippen LogP contribution in [-0.4, -0.2) is 31.7 Å². The Labute approximate surface area is 77.6 Å². The van der Waals surface area contributed by atoms with Gasteiger partial charge in [0.1, 0.15) is 6.61 Å². The normalized spacial score (nSPS) is 17.8. The minimum Gasteiger partial charge on any atom is -0.375 e. The highest BCUT2D eigenvalue weighted by atomic mass is 19.3. The van der Waals surface area contributed by atoms with Crippen LogP contribution in [0.1, 0.15) is 26.2 Å². The first-order valence-electron chi connectivity index (χ1n) is 4.83. The lowest BCUT2D eigenvalue weighted by Gasteiger charge is -2.16. The van der Waals surface area contributed by atoms with Crippen LogP contribution in [0.4, 0.5) is 8.78 Å². The maximum Gasteiger partial charge on any atom is 0.283 e. The molecule has 13 heavy (non-hydrogen) atoms. The summed E-state index contributed by atoms with van der Waals surface area (Å²) in [4.78, 5) is 0. The van der Waals surface area contributed by atoms with Crippen molar-refractivity contribution in [1.29, 1.82) is 0 Å². The van der Waals surface area contributed by atoms with E-state index in [4.69, 9.17) is 4.74 Å². The van der Waals surface area contributed by atoms with Gasteiger partial charge in [0.05, 0.1) is 6.54 Å². The maximum absolute atomic E-state index is 12.9. The van der Waals surface area contributed by atoms with Gasteiger partial charge in [0.15, 0.2) is 0 Å². The third-order valence-corrected chi connectivity index (χ3v) is 1.89. The van der Waals surface area contributed by atoms with Crippen LogP contribution < -0.4 is 5.32 Å². The summed E-state index contributed by atoms with van der Waals surface area (Å²) in [6, 6.07) is 0.331. The quantitative estimate of drug-likeness (QED) is 0.622. The number of ether oxygens (including phenoxy) is 1. The molecule has 78 valence electrons. The Hall–Kier alpha value is -0.220. The van der Waals surface area contributed by atoms with Gasteiger partial charge in [-0.05, 0) is 19.3 Å². The highest BCUT2D eigenvalue weighted by molar-refractivity contribution is 4.83. The van der Waals surface area contributed by atoms with Gasteiger partial charge in [-0.1, -0.05) is 6.92 Å². The molecule has 1 rings (SSSR count). The van der Waals surface area contributed by atoms with E-state index in [1.165, 1.54) is 0 Å². The smallest absolute Gasteiger partial charge is 0.283 e. The standard InChI is InChI=1S/C9H17F2NO/c1-2-5-13-7-9(10,11)6-12-8-3-4-8/h8,12H,2-7H2,1H3. The summed E-state index contributed by atoms with van der Waals surface area (Å²) < 4.78 is 30.7. The highest BCUT2D eigenvalue weighted by Crippen LogP contribution is 2.21. The summed E-state index contributed by atoms with van der Waals surface area (Å²) in [5.41, 5.74) is 0. The summed E-state index contributed by atoms with van der Waals surface area (Å²) in [5, 5.41) is 2.79. The van der Waals surface area contributed by atoms with Crippen molar-refractivity contribution in [2.75, 3.05) is 19.8 Å². The lowest BCUT2D eigenvalue weighted by atomic mass is 10.3. The second kappa shape index (κ2) is 4.86. The van der Waals surface area contributed by atoms with Gasteiger partial charge in [-0.3, -0.25) is 0 Å². The van der Waals surface area contributed by atoms with E-state index in [0.29, 0.717) is 12.6 Å². The van der Waals surface area contributed by atoms with E-state index in [2.05, 4.69) is 5.32 Å². The van der Waals surface area contributed by atoms with Crippen LogP contribution in [0.5, 0.6) is 0 Å². The monoisotopic (exact) mass is 193 g/mol. The summed E-state index contributed by atoms with van der Waals surface area (Å²) in [6.07, 6.45) is 2.85. The molecule has 0 unspecified atom stereocenters. The van der Waals surface area contributed by atoms with Crippen molar-refractivity contribution in [3.8, 4) is 0 Å². The molecule has 0 spiro atoms. The lowest BCUT2D eigenvalue weighted by Crippen LogP contribution is -2.37. The molecular weight excluding hydrogens is 176 g/mol. The fraction of sp³-hybridized carbons (Fsp3) is 1.00. The fourth-order valence-electron chi connectivity index (χ4n) is 0.998. The summed E-state index contributed by atoms with van der Waals surface area (Å²) >= 11 is 0. The molecule has 0 saturated heterocycles. The third-order valence-electron chi connectivity index (χ3n) is 1.89. The van der Waals surface area contributed by atoms with Gasteiger partial charge < -0.3 is 10.1 Å². The molecular formula is C9H17F2NO. The predicted octanol–water partition coefficient (Wildman–Crippen LogP) is 1.80. The molecule has 1 N–H and O–H groups in total. The summed E-state index contributed by atoms with van der Waals surface area (Å²) in [5.74, 6) is -2.71. The molecule has 0 heterocycles. The van der Waals surface area contributed by atoms with E-state index in [9.17, 15) is 8.78 Å². The van der Waals surface area contributed by atoms with Gasteiger partial charge in [-0.2, -0.15) is 0 Å². The van der Waals surface area contributed by atoms with Crippen LogP contribution in [0.25, 0.3) is 0 Å². The Bertz CT molecular complexity index is 149. The van der Waals surface area contributed by atoms with E-state index < -0.39 is 12.5 Å². The molecule has 4 heteroatoms. The van der Waals surface area contributed by atoms with Crippen LogP contribution in [0.3, 0.4) is 0 Å². The van der Waals surface area contributed by atoms with Gasteiger partial charge >= 0.3 is 0 Å². The molecule has 0 amide bonds. The molecule has 1 fully saturated rings. The van der Waals surface area contributed by atoms with Crippen molar-refractivity contribution >= 4 is 0 Å². The molecule has 0 aromatic carbocycles. The van der Waals surface area contributed by atoms with Crippen molar-refractivity contribution in [1.82, 2.24) is 5.32 Å². The van der Waals surface area contributed by atoms with Gasteiger partial charge in [-0.15, -0.1) is 0 Å². The van der Waals surface area contributed by atoms with Crippen LogP contribution >= 0.6 is 0 Å². The number of alkyl halides is 2. The zero-order chi connectivity index (χ0) is 9.73. The minimum atomic E-state index is -2.71. The van der Waals surface area contributed by atoms with Gasteiger partial charge in [0, 0.05) is 12.6 Å². The molecule has 0 radical (unpaired) electrons. The average molecular weight is 193 g/mol. The second-order valence-electron chi connectivity index (χ2n) is 3.56. The van der Waals surface area contributed by atoms with Gasteiger partial charge in [0.25, 0.3) is 5.92 Å². The van der Waals surface area contributed by atoms with Gasteiger partial charge in [0.2, 0.25) is 0 Å². The first kappa shape index (κ1) is 10.9. The van der Waals surface area contributed by atoms with Gasteiger partial charge in [-0.25, -0.2) is 8.78 Å². The van der Waals surface area contributed by atoms with E-state index in [-0.39, 0.29) is 6.54 Å². The molecule has 1 aliphatic rings. The molecule has 2 nitrogen and oxygen atoms in total.